The van der Waals surface area contributed by atoms with Crippen molar-refractivity contribution >= 4 is 11.6 Å². The lowest BCUT2D eigenvalue weighted by atomic mass is 9.99. The van der Waals surface area contributed by atoms with Gasteiger partial charge in [-0.1, -0.05) is 41.9 Å². The SMILES string of the molecule is NCc1ccc(-c2ccc3c(c2)CCC3)c(Cl)c1. The van der Waals surface area contributed by atoms with Gasteiger partial charge in [0.05, 0.1) is 0 Å². The third-order valence-electron chi connectivity index (χ3n) is 3.68. The molecule has 0 atom stereocenters. The number of hydrogen-bond acceptors (Lipinski definition) is 1. The minimum Gasteiger partial charge on any atom is -0.326 e. The van der Waals surface area contributed by atoms with Gasteiger partial charge in [-0.2, -0.15) is 0 Å². The maximum Gasteiger partial charge on any atom is 0.0487 e. The topological polar surface area (TPSA) is 26.0 Å². The van der Waals surface area contributed by atoms with Gasteiger partial charge in [0.1, 0.15) is 0 Å². The second-order valence-corrected chi connectivity index (χ2v) is 5.26. The monoisotopic (exact) mass is 257 g/mol. The number of aryl methyl sites for hydroxylation is 2. The van der Waals surface area contributed by atoms with E-state index in [0.29, 0.717) is 6.54 Å². The van der Waals surface area contributed by atoms with Crippen molar-refractivity contribution in [1.29, 1.82) is 0 Å². The number of rotatable bonds is 2. The average molecular weight is 258 g/mol. The number of benzene rings is 2. The Balaban J connectivity index is 2.04. The molecule has 0 aliphatic heterocycles. The van der Waals surface area contributed by atoms with Crippen molar-refractivity contribution in [2.45, 2.75) is 25.8 Å². The number of halogens is 1. The third kappa shape index (κ3) is 2.05. The molecule has 0 radical (unpaired) electrons. The smallest absolute Gasteiger partial charge is 0.0487 e. The minimum atomic E-state index is 0.532. The summed E-state index contributed by atoms with van der Waals surface area (Å²) in [6, 6.07) is 12.8. The van der Waals surface area contributed by atoms with Gasteiger partial charge in [0, 0.05) is 17.1 Å². The standard InChI is InChI=1S/C16H16ClN/c17-16-8-11(10-18)4-7-15(16)14-6-5-12-2-1-3-13(12)9-14/h4-9H,1-3,10,18H2. The van der Waals surface area contributed by atoms with Crippen LogP contribution in [-0.4, -0.2) is 0 Å². The van der Waals surface area contributed by atoms with Gasteiger partial charge in [-0.15, -0.1) is 0 Å². The molecule has 1 aliphatic rings. The Bertz CT molecular complexity index is 590. The van der Waals surface area contributed by atoms with Crippen LogP contribution < -0.4 is 5.73 Å². The molecule has 0 saturated heterocycles. The van der Waals surface area contributed by atoms with Gasteiger partial charge < -0.3 is 5.73 Å². The van der Waals surface area contributed by atoms with E-state index in [9.17, 15) is 0 Å². The summed E-state index contributed by atoms with van der Waals surface area (Å²) < 4.78 is 0. The second kappa shape index (κ2) is 4.75. The number of nitrogens with two attached hydrogens (primary N) is 1. The molecular formula is C16H16ClN. The molecule has 0 spiro atoms. The molecule has 1 aliphatic carbocycles. The molecule has 2 aromatic carbocycles. The fourth-order valence-corrected chi connectivity index (χ4v) is 2.97. The zero-order valence-corrected chi connectivity index (χ0v) is 11.0. The Kier molecular flexibility index (Phi) is 3.11. The van der Waals surface area contributed by atoms with Crippen molar-refractivity contribution < 1.29 is 0 Å². The Morgan fingerprint density at radius 2 is 1.83 bits per heavy atom. The first kappa shape index (κ1) is 11.8. The van der Waals surface area contributed by atoms with Crippen LogP contribution in [0.5, 0.6) is 0 Å². The summed E-state index contributed by atoms with van der Waals surface area (Å²) >= 11 is 6.34. The highest BCUT2D eigenvalue weighted by Crippen LogP contribution is 2.32. The Labute approximate surface area is 113 Å². The van der Waals surface area contributed by atoms with Gasteiger partial charge in [-0.05, 0) is 47.6 Å². The van der Waals surface area contributed by atoms with Crippen molar-refractivity contribution in [2.75, 3.05) is 0 Å². The van der Waals surface area contributed by atoms with Crippen molar-refractivity contribution in [3.63, 3.8) is 0 Å². The highest BCUT2D eigenvalue weighted by molar-refractivity contribution is 6.33. The lowest BCUT2D eigenvalue weighted by Crippen LogP contribution is -1.96. The molecule has 2 heteroatoms. The van der Waals surface area contributed by atoms with E-state index < -0.39 is 0 Å². The molecule has 0 saturated carbocycles. The summed E-state index contributed by atoms with van der Waals surface area (Å²) in [5.74, 6) is 0. The summed E-state index contributed by atoms with van der Waals surface area (Å²) in [7, 11) is 0. The van der Waals surface area contributed by atoms with Crippen LogP contribution >= 0.6 is 11.6 Å². The van der Waals surface area contributed by atoms with Crippen LogP contribution in [0.3, 0.4) is 0 Å². The molecular weight excluding hydrogens is 242 g/mol. The zero-order chi connectivity index (χ0) is 12.5. The molecule has 1 nitrogen and oxygen atoms in total. The Morgan fingerprint density at radius 1 is 1.00 bits per heavy atom. The third-order valence-corrected chi connectivity index (χ3v) is 3.99. The highest BCUT2D eigenvalue weighted by atomic mass is 35.5. The van der Waals surface area contributed by atoms with Gasteiger partial charge in [0.15, 0.2) is 0 Å². The van der Waals surface area contributed by atoms with Gasteiger partial charge in [0.2, 0.25) is 0 Å². The predicted octanol–water partition coefficient (Wildman–Crippen LogP) is 3.95. The highest BCUT2D eigenvalue weighted by Gasteiger charge is 2.12. The normalized spacial score (nSPS) is 13.7. The molecule has 0 bridgehead atoms. The van der Waals surface area contributed by atoms with Gasteiger partial charge >= 0.3 is 0 Å². The molecule has 92 valence electrons. The minimum absolute atomic E-state index is 0.532. The van der Waals surface area contributed by atoms with Gasteiger partial charge in [0.25, 0.3) is 0 Å². The summed E-state index contributed by atoms with van der Waals surface area (Å²) in [5, 5.41) is 0.788. The summed E-state index contributed by atoms with van der Waals surface area (Å²) in [6.07, 6.45) is 3.69. The van der Waals surface area contributed by atoms with Crippen molar-refractivity contribution in [2.24, 2.45) is 5.73 Å². The van der Waals surface area contributed by atoms with Crippen LogP contribution in [0.2, 0.25) is 5.02 Å². The average Bonchev–Trinajstić information content (AvgIpc) is 2.85. The van der Waals surface area contributed by atoms with Crippen molar-refractivity contribution in [1.82, 2.24) is 0 Å². The summed E-state index contributed by atoms with van der Waals surface area (Å²) in [4.78, 5) is 0. The Hall–Kier alpha value is -1.31. The fourth-order valence-electron chi connectivity index (χ4n) is 2.66. The van der Waals surface area contributed by atoms with Gasteiger partial charge in [-0.25, -0.2) is 0 Å². The van der Waals surface area contributed by atoms with Crippen LogP contribution in [-0.2, 0) is 19.4 Å². The molecule has 2 aromatic rings. The van der Waals surface area contributed by atoms with Gasteiger partial charge in [-0.3, -0.25) is 0 Å². The number of fused-ring (bicyclic) bond motifs is 1. The van der Waals surface area contributed by atoms with Crippen LogP contribution in [0, 0.1) is 0 Å². The molecule has 0 aromatic heterocycles. The first-order valence-electron chi connectivity index (χ1n) is 6.38. The fraction of sp³-hybridized carbons (Fsp3) is 0.250. The Morgan fingerprint density at radius 3 is 2.61 bits per heavy atom. The summed E-state index contributed by atoms with van der Waals surface area (Å²) in [6.45, 7) is 0.532. The first-order chi connectivity index (χ1) is 8.78. The first-order valence-corrected chi connectivity index (χ1v) is 6.76. The van der Waals surface area contributed by atoms with E-state index >= 15 is 0 Å². The lowest BCUT2D eigenvalue weighted by Gasteiger charge is -2.08. The lowest BCUT2D eigenvalue weighted by molar-refractivity contribution is 0.912. The van der Waals surface area contributed by atoms with E-state index in [4.69, 9.17) is 17.3 Å². The van der Waals surface area contributed by atoms with E-state index in [1.54, 1.807) is 0 Å². The van der Waals surface area contributed by atoms with Crippen LogP contribution in [0.1, 0.15) is 23.1 Å². The van der Waals surface area contributed by atoms with E-state index in [1.165, 1.54) is 36.0 Å². The van der Waals surface area contributed by atoms with Crippen LogP contribution in [0.25, 0.3) is 11.1 Å². The van der Waals surface area contributed by atoms with E-state index in [1.807, 2.05) is 6.07 Å². The molecule has 2 N–H and O–H groups in total. The van der Waals surface area contributed by atoms with E-state index in [0.717, 1.165) is 16.1 Å². The molecule has 18 heavy (non-hydrogen) atoms. The van der Waals surface area contributed by atoms with Crippen LogP contribution in [0.4, 0.5) is 0 Å². The molecule has 3 rings (SSSR count). The molecule has 0 amide bonds. The number of hydrogen-bond donors (Lipinski definition) is 1. The predicted molar refractivity (Wildman–Crippen MR) is 76.8 cm³/mol. The maximum absolute atomic E-state index is 6.34. The van der Waals surface area contributed by atoms with Crippen LogP contribution in [0.15, 0.2) is 36.4 Å². The second-order valence-electron chi connectivity index (χ2n) is 4.86. The summed E-state index contributed by atoms with van der Waals surface area (Å²) in [5.41, 5.74) is 12.0. The van der Waals surface area contributed by atoms with E-state index in [-0.39, 0.29) is 0 Å². The van der Waals surface area contributed by atoms with Crippen molar-refractivity contribution in [3.8, 4) is 11.1 Å². The quantitative estimate of drug-likeness (QED) is 0.866. The largest absolute Gasteiger partial charge is 0.326 e. The maximum atomic E-state index is 6.34. The molecule has 0 fully saturated rings. The molecule has 0 heterocycles. The van der Waals surface area contributed by atoms with Crippen molar-refractivity contribution in [3.05, 3.63) is 58.1 Å². The molecule has 0 unspecified atom stereocenters. The zero-order valence-electron chi connectivity index (χ0n) is 10.2. The van der Waals surface area contributed by atoms with E-state index in [2.05, 4.69) is 30.3 Å².